The standard InChI is InChI=1S/C14H23P/c1-10-11(2)13(4)14(5,12(10)3)15-8-6-7-9-15/h6-9H2,1-5H3. The molecule has 1 heterocycles. The summed E-state index contributed by atoms with van der Waals surface area (Å²) in [5.74, 6) is 0. The van der Waals surface area contributed by atoms with Crippen LogP contribution < -0.4 is 0 Å². The summed E-state index contributed by atoms with van der Waals surface area (Å²) in [5.41, 5.74) is 6.49. The summed E-state index contributed by atoms with van der Waals surface area (Å²) in [5, 5.41) is 0.458. The maximum absolute atomic E-state index is 2.51. The fourth-order valence-electron chi connectivity index (χ4n) is 3.21. The average Bonchev–Trinajstić information content (AvgIpc) is 2.81. The van der Waals surface area contributed by atoms with Crippen LogP contribution in [0.2, 0.25) is 0 Å². The van der Waals surface area contributed by atoms with Crippen molar-refractivity contribution in [1.29, 1.82) is 0 Å². The third-order valence-corrected chi connectivity index (χ3v) is 8.53. The van der Waals surface area contributed by atoms with Crippen LogP contribution in [0.25, 0.3) is 0 Å². The summed E-state index contributed by atoms with van der Waals surface area (Å²) in [4.78, 5) is 0. The van der Waals surface area contributed by atoms with Crippen LogP contribution in [0.4, 0.5) is 0 Å². The minimum absolute atomic E-state index is 0.224. The van der Waals surface area contributed by atoms with Crippen molar-refractivity contribution in [1.82, 2.24) is 0 Å². The van der Waals surface area contributed by atoms with E-state index in [0.717, 1.165) is 0 Å². The van der Waals surface area contributed by atoms with E-state index >= 15 is 0 Å². The first kappa shape index (κ1) is 11.4. The van der Waals surface area contributed by atoms with Gasteiger partial charge in [0.05, 0.1) is 0 Å². The summed E-state index contributed by atoms with van der Waals surface area (Å²) in [6.45, 7) is 11.9. The third-order valence-electron chi connectivity index (χ3n) is 4.89. The summed E-state index contributed by atoms with van der Waals surface area (Å²) in [6.07, 6.45) is 5.95. The van der Waals surface area contributed by atoms with Crippen LogP contribution in [0.5, 0.6) is 0 Å². The SMILES string of the molecule is CC1=C(C)C(C)(P2CCCC2)C(C)=C1C. The Balaban J connectivity index is 2.43. The molecule has 1 fully saturated rings. The van der Waals surface area contributed by atoms with Gasteiger partial charge in [0.1, 0.15) is 0 Å². The molecule has 0 nitrogen and oxygen atoms in total. The quantitative estimate of drug-likeness (QED) is 0.564. The lowest BCUT2D eigenvalue weighted by Gasteiger charge is -2.36. The van der Waals surface area contributed by atoms with E-state index in [0.29, 0.717) is 5.16 Å². The largest absolute Gasteiger partial charge is 0.0920 e. The summed E-state index contributed by atoms with van der Waals surface area (Å²) >= 11 is 0. The zero-order valence-electron chi connectivity index (χ0n) is 10.8. The van der Waals surface area contributed by atoms with Gasteiger partial charge in [0.25, 0.3) is 0 Å². The van der Waals surface area contributed by atoms with E-state index < -0.39 is 0 Å². The van der Waals surface area contributed by atoms with E-state index in [-0.39, 0.29) is 7.92 Å². The van der Waals surface area contributed by atoms with Crippen molar-refractivity contribution in [3.8, 4) is 0 Å². The van der Waals surface area contributed by atoms with Gasteiger partial charge in [0, 0.05) is 5.16 Å². The third kappa shape index (κ3) is 1.45. The molecule has 0 bridgehead atoms. The highest BCUT2D eigenvalue weighted by Crippen LogP contribution is 2.64. The molecule has 1 heteroatoms. The minimum Gasteiger partial charge on any atom is -0.0920 e. The van der Waals surface area contributed by atoms with E-state index in [9.17, 15) is 0 Å². The van der Waals surface area contributed by atoms with Gasteiger partial charge in [-0.05, 0) is 70.9 Å². The molecule has 0 atom stereocenters. The van der Waals surface area contributed by atoms with Crippen molar-refractivity contribution in [3.63, 3.8) is 0 Å². The van der Waals surface area contributed by atoms with Crippen molar-refractivity contribution < 1.29 is 0 Å². The Bertz CT molecular complexity index is 316. The molecule has 0 spiro atoms. The lowest BCUT2D eigenvalue weighted by Crippen LogP contribution is -2.24. The Morgan fingerprint density at radius 3 is 1.67 bits per heavy atom. The molecular formula is C14H23P. The first-order chi connectivity index (χ1) is 6.99. The maximum atomic E-state index is 2.51. The van der Waals surface area contributed by atoms with Gasteiger partial charge in [0.2, 0.25) is 0 Å². The Morgan fingerprint density at radius 1 is 0.867 bits per heavy atom. The molecule has 0 N–H and O–H groups in total. The van der Waals surface area contributed by atoms with Crippen molar-refractivity contribution >= 4 is 7.92 Å². The Kier molecular flexibility index (Phi) is 2.84. The lowest BCUT2D eigenvalue weighted by molar-refractivity contribution is 0.856. The summed E-state index contributed by atoms with van der Waals surface area (Å²) < 4.78 is 0. The lowest BCUT2D eigenvalue weighted by atomic mass is 9.98. The van der Waals surface area contributed by atoms with Gasteiger partial charge < -0.3 is 0 Å². The Morgan fingerprint density at radius 2 is 1.27 bits per heavy atom. The van der Waals surface area contributed by atoms with Crippen LogP contribution in [-0.4, -0.2) is 17.5 Å². The molecule has 0 aromatic rings. The maximum Gasteiger partial charge on any atom is 0.0298 e. The van der Waals surface area contributed by atoms with Crippen molar-refractivity contribution in [2.45, 2.75) is 52.6 Å². The molecule has 2 rings (SSSR count). The van der Waals surface area contributed by atoms with E-state index in [1.807, 2.05) is 0 Å². The normalized spacial score (nSPS) is 27.0. The second-order valence-electron chi connectivity index (χ2n) is 5.27. The second kappa shape index (κ2) is 3.74. The predicted octanol–water partition coefficient (Wildman–Crippen LogP) is 4.71. The summed E-state index contributed by atoms with van der Waals surface area (Å²) in [6, 6.07) is 0. The zero-order chi connectivity index (χ0) is 11.2. The number of hydrogen-bond acceptors (Lipinski definition) is 0. The van der Waals surface area contributed by atoms with Crippen molar-refractivity contribution in [3.05, 3.63) is 22.3 Å². The van der Waals surface area contributed by atoms with Gasteiger partial charge in [-0.3, -0.25) is 0 Å². The molecular weight excluding hydrogens is 199 g/mol. The zero-order valence-corrected chi connectivity index (χ0v) is 11.7. The number of hydrogen-bond donors (Lipinski definition) is 0. The van der Waals surface area contributed by atoms with Gasteiger partial charge in [-0.1, -0.05) is 19.1 Å². The average molecular weight is 222 g/mol. The first-order valence-electron chi connectivity index (χ1n) is 6.11. The number of rotatable bonds is 1. The van der Waals surface area contributed by atoms with Gasteiger partial charge in [0.15, 0.2) is 0 Å². The van der Waals surface area contributed by atoms with Crippen LogP contribution >= 0.6 is 7.92 Å². The molecule has 1 aliphatic carbocycles. The topological polar surface area (TPSA) is 0 Å². The Labute approximate surface area is 95.6 Å². The highest BCUT2D eigenvalue weighted by molar-refractivity contribution is 7.60. The highest BCUT2D eigenvalue weighted by Gasteiger charge is 2.43. The summed E-state index contributed by atoms with van der Waals surface area (Å²) in [7, 11) is 0.224. The van der Waals surface area contributed by atoms with Gasteiger partial charge in [-0.25, -0.2) is 0 Å². The number of allylic oxidation sites excluding steroid dienone is 4. The molecule has 0 amide bonds. The van der Waals surface area contributed by atoms with Crippen molar-refractivity contribution in [2.24, 2.45) is 0 Å². The molecule has 2 aliphatic rings. The van der Waals surface area contributed by atoms with E-state index in [4.69, 9.17) is 0 Å². The molecule has 0 aromatic heterocycles. The van der Waals surface area contributed by atoms with E-state index in [1.165, 1.54) is 25.2 Å². The first-order valence-corrected chi connectivity index (χ1v) is 7.82. The Hall–Kier alpha value is -0.0900. The van der Waals surface area contributed by atoms with Crippen LogP contribution in [0.15, 0.2) is 22.3 Å². The molecule has 84 valence electrons. The molecule has 1 aliphatic heterocycles. The van der Waals surface area contributed by atoms with Crippen LogP contribution in [0.1, 0.15) is 47.5 Å². The van der Waals surface area contributed by atoms with Crippen LogP contribution in [-0.2, 0) is 0 Å². The fraction of sp³-hybridized carbons (Fsp3) is 0.714. The second-order valence-corrected chi connectivity index (χ2v) is 8.13. The van der Waals surface area contributed by atoms with Gasteiger partial charge >= 0.3 is 0 Å². The molecule has 15 heavy (non-hydrogen) atoms. The molecule has 0 saturated carbocycles. The molecule has 0 aromatic carbocycles. The fourth-order valence-corrected chi connectivity index (χ4v) is 6.83. The smallest absolute Gasteiger partial charge is 0.0298 e. The van der Waals surface area contributed by atoms with E-state index in [2.05, 4.69) is 34.6 Å². The van der Waals surface area contributed by atoms with E-state index in [1.54, 1.807) is 22.3 Å². The monoisotopic (exact) mass is 222 g/mol. The van der Waals surface area contributed by atoms with Crippen LogP contribution in [0.3, 0.4) is 0 Å². The molecule has 0 radical (unpaired) electrons. The van der Waals surface area contributed by atoms with Gasteiger partial charge in [-0.15, -0.1) is 0 Å². The molecule has 1 saturated heterocycles. The predicted molar refractivity (Wildman–Crippen MR) is 71.0 cm³/mol. The van der Waals surface area contributed by atoms with Crippen molar-refractivity contribution in [2.75, 3.05) is 12.3 Å². The molecule has 0 unspecified atom stereocenters. The van der Waals surface area contributed by atoms with Gasteiger partial charge in [-0.2, -0.15) is 0 Å². The van der Waals surface area contributed by atoms with Crippen LogP contribution in [0, 0.1) is 0 Å². The highest BCUT2D eigenvalue weighted by atomic mass is 31.1. The minimum atomic E-state index is 0.224.